The summed E-state index contributed by atoms with van der Waals surface area (Å²) in [6.45, 7) is 0. The predicted octanol–water partition coefficient (Wildman–Crippen LogP) is 0.0458. The molecule has 0 radical (unpaired) electrons. The molecule has 0 aliphatic heterocycles. The minimum absolute atomic E-state index is 0.228. The van der Waals surface area contributed by atoms with Crippen LogP contribution in [0.4, 0.5) is 0 Å². The molecule has 1 rings (SSSR count). The normalized spacial score (nSPS) is 11.9. The van der Waals surface area contributed by atoms with Gasteiger partial charge in [-0.25, -0.2) is 0 Å². The van der Waals surface area contributed by atoms with Crippen LogP contribution in [0.2, 0.25) is 0 Å². The third-order valence-corrected chi connectivity index (χ3v) is 2.57. The molecule has 0 aliphatic rings. The molecule has 0 aromatic heterocycles. The summed E-state index contributed by atoms with van der Waals surface area (Å²) in [6.07, 6.45) is 0.651. The molecule has 1 amide bonds. The molecule has 3 N–H and O–H groups in total. The first kappa shape index (κ1) is 14.1. The lowest BCUT2D eigenvalue weighted by Crippen LogP contribution is -2.47. The highest BCUT2D eigenvalue weighted by atomic mass is 32.1. The summed E-state index contributed by atoms with van der Waals surface area (Å²) in [5.74, 6) is -0.482. The van der Waals surface area contributed by atoms with Crippen LogP contribution < -0.4 is 5.32 Å². The van der Waals surface area contributed by atoms with Crippen molar-refractivity contribution in [1.82, 2.24) is 5.32 Å². The minimum atomic E-state index is -1.57. The molecule has 6 heteroatoms. The minimum Gasteiger partial charge on any atom is -0.426 e. The van der Waals surface area contributed by atoms with Gasteiger partial charge in [0, 0.05) is 6.42 Å². The molecular weight excluding hydrogens is 237 g/mol. The molecule has 0 unspecified atom stereocenters. The van der Waals surface area contributed by atoms with Gasteiger partial charge in [0.25, 0.3) is 0 Å². The van der Waals surface area contributed by atoms with Crippen molar-refractivity contribution in [1.29, 1.82) is 0 Å². The van der Waals surface area contributed by atoms with Crippen LogP contribution in [0.15, 0.2) is 30.3 Å². The average Bonchev–Trinajstić information content (AvgIpc) is 2.29. The Balaban J connectivity index is 2.58. The van der Waals surface area contributed by atoms with Crippen molar-refractivity contribution in [2.45, 2.75) is 18.8 Å². The summed E-state index contributed by atoms with van der Waals surface area (Å²) < 4.78 is 0. The molecule has 0 heterocycles. The van der Waals surface area contributed by atoms with Crippen LogP contribution >= 0.6 is 12.6 Å². The zero-order chi connectivity index (χ0) is 12.7. The van der Waals surface area contributed by atoms with E-state index in [0.717, 1.165) is 5.56 Å². The Hall–Kier alpha value is -0.975. The Morgan fingerprint density at radius 2 is 2.00 bits per heavy atom. The maximum atomic E-state index is 11.4. The summed E-state index contributed by atoms with van der Waals surface area (Å²) >= 11 is 3.95. The van der Waals surface area contributed by atoms with Gasteiger partial charge in [-0.1, -0.05) is 30.3 Å². The van der Waals surface area contributed by atoms with Gasteiger partial charge in [-0.3, -0.25) is 4.79 Å². The number of rotatable bonds is 6. The molecular formula is C11H16BNO3S. The molecule has 0 saturated heterocycles. The van der Waals surface area contributed by atoms with Gasteiger partial charge in [-0.2, -0.15) is 12.6 Å². The van der Waals surface area contributed by atoms with Crippen LogP contribution in [-0.2, 0) is 11.2 Å². The van der Waals surface area contributed by atoms with Crippen molar-refractivity contribution in [2.75, 3.05) is 5.75 Å². The fourth-order valence-electron chi connectivity index (χ4n) is 1.48. The molecule has 4 nitrogen and oxygen atoms in total. The van der Waals surface area contributed by atoms with Gasteiger partial charge in [-0.15, -0.1) is 0 Å². The number of benzene rings is 1. The number of carbonyl (C=O) groups is 1. The molecule has 92 valence electrons. The van der Waals surface area contributed by atoms with E-state index in [-0.39, 0.29) is 12.3 Å². The van der Waals surface area contributed by atoms with Gasteiger partial charge < -0.3 is 15.4 Å². The molecule has 17 heavy (non-hydrogen) atoms. The molecule has 1 aromatic carbocycles. The lowest BCUT2D eigenvalue weighted by molar-refractivity contribution is -0.121. The maximum absolute atomic E-state index is 11.4. The van der Waals surface area contributed by atoms with Crippen molar-refractivity contribution in [3.8, 4) is 0 Å². The van der Waals surface area contributed by atoms with E-state index in [0.29, 0.717) is 12.2 Å². The monoisotopic (exact) mass is 253 g/mol. The van der Waals surface area contributed by atoms with Crippen molar-refractivity contribution in [3.63, 3.8) is 0 Å². The Kier molecular flexibility index (Phi) is 6.11. The highest BCUT2D eigenvalue weighted by molar-refractivity contribution is 7.80. The maximum Gasteiger partial charge on any atom is 0.475 e. The first-order valence-electron chi connectivity index (χ1n) is 5.43. The van der Waals surface area contributed by atoms with Crippen LogP contribution in [-0.4, -0.2) is 34.8 Å². The zero-order valence-corrected chi connectivity index (χ0v) is 10.3. The van der Waals surface area contributed by atoms with E-state index in [4.69, 9.17) is 0 Å². The third-order valence-electron chi connectivity index (χ3n) is 2.34. The van der Waals surface area contributed by atoms with E-state index in [9.17, 15) is 14.8 Å². The first-order chi connectivity index (χ1) is 8.13. The van der Waals surface area contributed by atoms with Gasteiger partial charge in [0.1, 0.15) is 0 Å². The fraction of sp³-hybridized carbons (Fsp3) is 0.364. The molecule has 0 fully saturated rings. The summed E-state index contributed by atoms with van der Waals surface area (Å²) in [5.41, 5.74) is 0.941. The largest absolute Gasteiger partial charge is 0.475 e. The van der Waals surface area contributed by atoms with Crippen LogP contribution in [0.5, 0.6) is 0 Å². The van der Waals surface area contributed by atoms with Gasteiger partial charge in [0.2, 0.25) is 5.91 Å². The quantitative estimate of drug-likeness (QED) is 0.427. The second-order valence-electron chi connectivity index (χ2n) is 3.75. The summed E-state index contributed by atoms with van der Waals surface area (Å²) in [6, 6.07) is 9.37. The number of carbonyl (C=O) groups excluding carboxylic acids is 1. The van der Waals surface area contributed by atoms with E-state index < -0.39 is 13.1 Å². The number of thiol groups is 1. The molecule has 0 bridgehead atoms. The lowest BCUT2D eigenvalue weighted by Gasteiger charge is -2.17. The predicted molar refractivity (Wildman–Crippen MR) is 70.7 cm³/mol. The molecule has 0 aliphatic carbocycles. The van der Waals surface area contributed by atoms with E-state index in [1.54, 1.807) is 0 Å². The van der Waals surface area contributed by atoms with Crippen molar-refractivity contribution < 1.29 is 14.8 Å². The van der Waals surface area contributed by atoms with Crippen LogP contribution in [0.1, 0.15) is 12.0 Å². The lowest BCUT2D eigenvalue weighted by atomic mass is 9.76. The molecule has 1 atom stereocenters. The highest BCUT2D eigenvalue weighted by Gasteiger charge is 2.25. The van der Waals surface area contributed by atoms with E-state index >= 15 is 0 Å². The number of nitrogens with one attached hydrogen (secondary N) is 1. The Morgan fingerprint density at radius 3 is 2.53 bits per heavy atom. The van der Waals surface area contributed by atoms with Gasteiger partial charge in [0.15, 0.2) is 0 Å². The number of hydrogen-bond acceptors (Lipinski definition) is 4. The standard InChI is InChI=1S/C11H16BNO3S/c14-11(6-7-17)13-10(12(15)16)8-9-4-2-1-3-5-9/h1-5,10,15-17H,6-8H2,(H,13,14)/t10-/m0/s1. The Morgan fingerprint density at radius 1 is 1.35 bits per heavy atom. The first-order valence-corrected chi connectivity index (χ1v) is 6.07. The van der Waals surface area contributed by atoms with Crippen LogP contribution in [0, 0.1) is 0 Å². The second-order valence-corrected chi connectivity index (χ2v) is 4.20. The Labute approximate surface area is 107 Å². The van der Waals surface area contributed by atoms with Gasteiger partial charge in [0.05, 0.1) is 5.94 Å². The highest BCUT2D eigenvalue weighted by Crippen LogP contribution is 2.04. The smallest absolute Gasteiger partial charge is 0.426 e. The Bertz CT molecular complexity index is 348. The van der Waals surface area contributed by atoms with Gasteiger partial charge in [-0.05, 0) is 17.7 Å². The second kappa shape index (κ2) is 7.37. The summed E-state index contributed by atoms with van der Waals surface area (Å²) in [5, 5.41) is 21.0. The van der Waals surface area contributed by atoms with Crippen LogP contribution in [0.25, 0.3) is 0 Å². The average molecular weight is 253 g/mol. The zero-order valence-electron chi connectivity index (χ0n) is 9.41. The summed E-state index contributed by atoms with van der Waals surface area (Å²) in [4.78, 5) is 11.4. The van der Waals surface area contributed by atoms with Crippen molar-refractivity contribution >= 4 is 25.7 Å². The molecule has 1 aromatic rings. The van der Waals surface area contributed by atoms with Crippen molar-refractivity contribution in [2.24, 2.45) is 0 Å². The van der Waals surface area contributed by atoms with Crippen LogP contribution in [0.3, 0.4) is 0 Å². The number of amides is 1. The molecule has 0 spiro atoms. The van der Waals surface area contributed by atoms with Crippen molar-refractivity contribution in [3.05, 3.63) is 35.9 Å². The van der Waals surface area contributed by atoms with E-state index in [2.05, 4.69) is 17.9 Å². The third kappa shape index (κ3) is 5.25. The van der Waals surface area contributed by atoms with E-state index in [1.807, 2.05) is 30.3 Å². The molecule has 0 saturated carbocycles. The van der Waals surface area contributed by atoms with Gasteiger partial charge >= 0.3 is 7.12 Å². The fourth-order valence-corrected chi connectivity index (χ4v) is 1.68. The SMILES string of the molecule is O=C(CCS)N[C@@H](Cc1ccccc1)B(O)O. The van der Waals surface area contributed by atoms with E-state index in [1.165, 1.54) is 0 Å². The number of hydrogen-bond donors (Lipinski definition) is 4. The summed E-state index contributed by atoms with van der Waals surface area (Å²) in [7, 11) is -1.57. The topological polar surface area (TPSA) is 69.6 Å².